The summed E-state index contributed by atoms with van der Waals surface area (Å²) < 4.78 is 10.4. The van der Waals surface area contributed by atoms with Crippen molar-refractivity contribution in [2.24, 2.45) is 5.92 Å². The lowest BCUT2D eigenvalue weighted by Gasteiger charge is -2.11. The van der Waals surface area contributed by atoms with Crippen molar-refractivity contribution in [1.82, 2.24) is 0 Å². The van der Waals surface area contributed by atoms with Crippen LogP contribution in [0.15, 0.2) is 23.3 Å². The second-order valence-corrected chi connectivity index (χ2v) is 6.09. The van der Waals surface area contributed by atoms with E-state index >= 15 is 0 Å². The van der Waals surface area contributed by atoms with Crippen LogP contribution in [-0.2, 0) is 19.1 Å². The number of ether oxygens (including phenoxy) is 2. The Morgan fingerprint density at radius 2 is 1.67 bits per heavy atom. The Bertz CT molecular complexity index is 425. The normalized spacial score (nSPS) is 11.9. The maximum absolute atomic E-state index is 12.0. The molecule has 0 aromatic carbocycles. The summed E-state index contributed by atoms with van der Waals surface area (Å²) in [4.78, 5) is 23.9. The molecule has 0 heterocycles. The first-order valence-electron chi connectivity index (χ1n) is 8.62. The van der Waals surface area contributed by atoms with E-state index in [1.165, 1.54) is 0 Å². The fraction of sp³-hybridized carbons (Fsp3) is 0.684. The molecule has 0 rings (SSSR count). The summed E-state index contributed by atoms with van der Waals surface area (Å²) in [5, 5.41) is 0. The molecule has 0 aliphatic heterocycles. The third-order valence-electron chi connectivity index (χ3n) is 3.20. The van der Waals surface area contributed by atoms with Gasteiger partial charge in [0.2, 0.25) is 0 Å². The maximum Gasteiger partial charge on any atom is 0.337 e. The predicted octanol–water partition coefficient (Wildman–Crippen LogP) is 5.01. The first-order valence-corrected chi connectivity index (χ1v) is 8.62. The monoisotopic (exact) mass is 360 g/mol. The standard InChI is InChI=1S/C19H32O4.ClH/c1-6-8-9-10-12-16(5)18(20)23-14-17(11-7-2)19(21)22-13-15(3)4;/h11-12,15H,6-10,13-14H2,1-5H3;1H. The molecule has 4 nitrogen and oxygen atoms in total. The zero-order valence-corrected chi connectivity index (χ0v) is 16.5. The van der Waals surface area contributed by atoms with Crippen LogP contribution in [0.4, 0.5) is 0 Å². The van der Waals surface area contributed by atoms with E-state index in [-0.39, 0.29) is 30.9 Å². The zero-order valence-electron chi connectivity index (χ0n) is 15.7. The van der Waals surface area contributed by atoms with Gasteiger partial charge in [0.15, 0.2) is 0 Å². The number of esters is 2. The lowest BCUT2D eigenvalue weighted by molar-refractivity contribution is -0.143. The first-order chi connectivity index (χ1) is 10.9. The highest BCUT2D eigenvalue weighted by Gasteiger charge is 2.14. The van der Waals surface area contributed by atoms with Crippen molar-refractivity contribution >= 4 is 24.3 Å². The third-order valence-corrected chi connectivity index (χ3v) is 3.20. The van der Waals surface area contributed by atoms with Crippen molar-refractivity contribution in [3.63, 3.8) is 0 Å². The van der Waals surface area contributed by atoms with Crippen LogP contribution in [-0.4, -0.2) is 25.2 Å². The Morgan fingerprint density at radius 3 is 2.21 bits per heavy atom. The highest BCUT2D eigenvalue weighted by atomic mass is 35.5. The van der Waals surface area contributed by atoms with Crippen molar-refractivity contribution in [1.29, 1.82) is 0 Å². The van der Waals surface area contributed by atoms with Crippen molar-refractivity contribution < 1.29 is 19.1 Å². The van der Waals surface area contributed by atoms with Crippen LogP contribution >= 0.6 is 12.4 Å². The summed E-state index contributed by atoms with van der Waals surface area (Å²) in [5.74, 6) is -0.504. The Kier molecular flexibility index (Phi) is 15.9. The molecule has 0 N–H and O–H groups in total. The fourth-order valence-electron chi connectivity index (χ4n) is 1.84. The van der Waals surface area contributed by atoms with E-state index < -0.39 is 5.97 Å². The number of unbranched alkanes of at least 4 members (excludes halogenated alkanes) is 3. The number of rotatable bonds is 11. The van der Waals surface area contributed by atoms with Gasteiger partial charge in [0, 0.05) is 5.57 Å². The first kappa shape index (κ1) is 25.0. The lowest BCUT2D eigenvalue weighted by Crippen LogP contribution is -2.18. The highest BCUT2D eigenvalue weighted by molar-refractivity contribution is 5.91. The van der Waals surface area contributed by atoms with Crippen molar-refractivity contribution in [3.8, 4) is 0 Å². The summed E-state index contributed by atoms with van der Waals surface area (Å²) in [6.07, 6.45) is 8.60. The topological polar surface area (TPSA) is 52.6 Å². The third kappa shape index (κ3) is 12.2. The van der Waals surface area contributed by atoms with E-state index in [1.54, 1.807) is 13.0 Å². The van der Waals surface area contributed by atoms with Crippen LogP contribution in [0.1, 0.15) is 66.7 Å². The van der Waals surface area contributed by atoms with Crippen LogP contribution in [0, 0.1) is 5.92 Å². The minimum absolute atomic E-state index is 0. The van der Waals surface area contributed by atoms with Gasteiger partial charge in [-0.05, 0) is 32.1 Å². The molecular formula is C19H33ClO4. The molecule has 0 spiro atoms. The molecule has 140 valence electrons. The van der Waals surface area contributed by atoms with Crippen LogP contribution in [0.5, 0.6) is 0 Å². The van der Waals surface area contributed by atoms with Gasteiger partial charge in [-0.15, -0.1) is 12.4 Å². The molecule has 24 heavy (non-hydrogen) atoms. The van der Waals surface area contributed by atoms with Gasteiger partial charge >= 0.3 is 11.9 Å². The minimum atomic E-state index is -0.405. The quantitative estimate of drug-likeness (QED) is 0.295. The second kappa shape index (κ2) is 15.3. The van der Waals surface area contributed by atoms with Gasteiger partial charge in [-0.25, -0.2) is 9.59 Å². The molecule has 0 aliphatic carbocycles. The Labute approximate surface area is 153 Å². The average Bonchev–Trinajstić information content (AvgIpc) is 2.52. The van der Waals surface area contributed by atoms with E-state index in [9.17, 15) is 9.59 Å². The summed E-state index contributed by atoms with van der Waals surface area (Å²) in [6.45, 7) is 10.1. The van der Waals surface area contributed by atoms with E-state index in [0.717, 1.165) is 25.7 Å². The number of hydrogen-bond donors (Lipinski definition) is 0. The van der Waals surface area contributed by atoms with E-state index in [0.29, 0.717) is 24.2 Å². The largest absolute Gasteiger partial charge is 0.462 e. The van der Waals surface area contributed by atoms with Crippen LogP contribution < -0.4 is 0 Å². The molecule has 0 aliphatic rings. The second-order valence-electron chi connectivity index (χ2n) is 6.09. The molecule has 0 radical (unpaired) electrons. The van der Waals surface area contributed by atoms with Crippen LogP contribution in [0.3, 0.4) is 0 Å². The van der Waals surface area contributed by atoms with E-state index in [4.69, 9.17) is 9.47 Å². The van der Waals surface area contributed by atoms with Gasteiger partial charge in [-0.2, -0.15) is 0 Å². The summed E-state index contributed by atoms with van der Waals surface area (Å²) >= 11 is 0. The molecule has 0 saturated carbocycles. The number of hydrogen-bond acceptors (Lipinski definition) is 4. The van der Waals surface area contributed by atoms with Crippen molar-refractivity contribution in [2.75, 3.05) is 13.2 Å². The van der Waals surface area contributed by atoms with Gasteiger partial charge in [0.1, 0.15) is 6.61 Å². The smallest absolute Gasteiger partial charge is 0.337 e. The Hall–Kier alpha value is -1.29. The molecule has 0 atom stereocenters. The van der Waals surface area contributed by atoms with Gasteiger partial charge in [0.25, 0.3) is 0 Å². The van der Waals surface area contributed by atoms with E-state index in [2.05, 4.69) is 6.92 Å². The molecule has 5 heteroatoms. The molecule has 0 amide bonds. The molecular weight excluding hydrogens is 328 g/mol. The van der Waals surface area contributed by atoms with Gasteiger partial charge in [-0.1, -0.05) is 52.7 Å². The molecule has 0 aromatic rings. The fourth-order valence-corrected chi connectivity index (χ4v) is 1.84. The molecule has 0 bridgehead atoms. The SMILES string of the molecule is CCC=C(COC(=O)C(C)=CCCCCC)C(=O)OCC(C)C.Cl. The summed E-state index contributed by atoms with van der Waals surface area (Å²) in [5.41, 5.74) is 0.993. The summed E-state index contributed by atoms with van der Waals surface area (Å²) in [6, 6.07) is 0. The average molecular weight is 361 g/mol. The lowest BCUT2D eigenvalue weighted by atomic mass is 10.1. The van der Waals surface area contributed by atoms with Crippen molar-refractivity contribution in [3.05, 3.63) is 23.3 Å². The van der Waals surface area contributed by atoms with Crippen LogP contribution in [0.2, 0.25) is 0 Å². The van der Waals surface area contributed by atoms with Gasteiger partial charge in [-0.3, -0.25) is 0 Å². The molecule has 0 aromatic heterocycles. The van der Waals surface area contributed by atoms with E-state index in [1.807, 2.05) is 26.8 Å². The number of carbonyl (C=O) groups excluding carboxylic acids is 2. The number of carbonyl (C=O) groups is 2. The molecule has 0 fully saturated rings. The number of halogens is 1. The minimum Gasteiger partial charge on any atom is -0.462 e. The van der Waals surface area contributed by atoms with Gasteiger partial charge in [0.05, 0.1) is 12.2 Å². The zero-order chi connectivity index (χ0) is 17.7. The maximum atomic E-state index is 12.0. The predicted molar refractivity (Wildman–Crippen MR) is 100 cm³/mol. The summed E-state index contributed by atoms with van der Waals surface area (Å²) in [7, 11) is 0. The molecule has 0 saturated heterocycles. The van der Waals surface area contributed by atoms with Gasteiger partial charge < -0.3 is 9.47 Å². The number of allylic oxidation sites excluding steroid dienone is 2. The highest BCUT2D eigenvalue weighted by Crippen LogP contribution is 2.08. The Balaban J connectivity index is 0. The van der Waals surface area contributed by atoms with Crippen molar-refractivity contribution in [2.45, 2.75) is 66.7 Å². The Morgan fingerprint density at radius 1 is 1.00 bits per heavy atom. The molecule has 0 unspecified atom stereocenters. The van der Waals surface area contributed by atoms with Crippen LogP contribution in [0.25, 0.3) is 0 Å².